The van der Waals surface area contributed by atoms with Crippen molar-refractivity contribution in [3.8, 4) is 0 Å². The van der Waals surface area contributed by atoms with Crippen LogP contribution in [0.15, 0.2) is 18.3 Å². The van der Waals surface area contributed by atoms with E-state index in [4.69, 9.17) is 0 Å². The largest absolute Gasteiger partial charge is 0.382 e. The second-order valence-corrected chi connectivity index (χ2v) is 5.33. The van der Waals surface area contributed by atoms with E-state index in [2.05, 4.69) is 49.4 Å². The van der Waals surface area contributed by atoms with Gasteiger partial charge >= 0.3 is 0 Å². The second kappa shape index (κ2) is 7.96. The molecule has 18 heavy (non-hydrogen) atoms. The number of pyridine rings is 1. The van der Waals surface area contributed by atoms with Gasteiger partial charge in [0.25, 0.3) is 0 Å². The first-order valence-corrected chi connectivity index (χ1v) is 7.08. The molecule has 1 heterocycles. The van der Waals surface area contributed by atoms with Gasteiger partial charge in [0.15, 0.2) is 0 Å². The molecule has 0 bridgehead atoms. The molecule has 102 valence electrons. The summed E-state index contributed by atoms with van der Waals surface area (Å²) in [5, 5.41) is 6.76. The molecule has 0 aromatic carbocycles. The molecule has 1 unspecified atom stereocenters. The van der Waals surface area contributed by atoms with Crippen LogP contribution in [0.2, 0.25) is 0 Å². The van der Waals surface area contributed by atoms with Crippen LogP contribution in [0, 0.1) is 5.92 Å². The Labute approximate surface area is 111 Å². The molecule has 0 spiro atoms. The number of aromatic nitrogens is 1. The second-order valence-electron chi connectivity index (χ2n) is 5.33. The fourth-order valence-electron chi connectivity index (χ4n) is 1.99. The number of rotatable bonds is 8. The summed E-state index contributed by atoms with van der Waals surface area (Å²) in [6.07, 6.45) is 5.67. The van der Waals surface area contributed by atoms with Crippen molar-refractivity contribution >= 4 is 11.5 Å². The van der Waals surface area contributed by atoms with E-state index in [0.29, 0.717) is 6.04 Å². The van der Waals surface area contributed by atoms with E-state index in [1.54, 1.807) is 0 Å². The zero-order valence-electron chi connectivity index (χ0n) is 12.2. The highest BCUT2D eigenvalue weighted by Gasteiger charge is 2.04. The van der Waals surface area contributed by atoms with Crippen LogP contribution in [-0.4, -0.2) is 17.6 Å². The molecule has 0 saturated heterocycles. The molecule has 0 saturated carbocycles. The maximum atomic E-state index is 4.27. The van der Waals surface area contributed by atoms with Gasteiger partial charge in [-0.15, -0.1) is 0 Å². The average Bonchev–Trinajstić information content (AvgIpc) is 2.29. The molecule has 0 aliphatic heterocycles. The Morgan fingerprint density at radius 1 is 1.22 bits per heavy atom. The molecular formula is C15H27N3. The summed E-state index contributed by atoms with van der Waals surface area (Å²) in [7, 11) is 0. The minimum absolute atomic E-state index is 0.514. The molecule has 1 atom stereocenters. The van der Waals surface area contributed by atoms with E-state index in [0.717, 1.165) is 24.0 Å². The van der Waals surface area contributed by atoms with Crippen molar-refractivity contribution in [2.75, 3.05) is 17.2 Å². The molecule has 0 fully saturated rings. The van der Waals surface area contributed by atoms with Crippen LogP contribution in [0.3, 0.4) is 0 Å². The topological polar surface area (TPSA) is 37.0 Å². The van der Waals surface area contributed by atoms with Crippen LogP contribution in [0.25, 0.3) is 0 Å². The molecule has 3 nitrogen and oxygen atoms in total. The van der Waals surface area contributed by atoms with Crippen LogP contribution < -0.4 is 10.6 Å². The third-order valence-electron chi connectivity index (χ3n) is 2.95. The minimum atomic E-state index is 0.514. The van der Waals surface area contributed by atoms with Gasteiger partial charge < -0.3 is 10.6 Å². The van der Waals surface area contributed by atoms with Gasteiger partial charge in [0.05, 0.1) is 0 Å². The fraction of sp³-hybridized carbons (Fsp3) is 0.667. The molecule has 3 heteroatoms. The zero-order valence-corrected chi connectivity index (χ0v) is 12.2. The van der Waals surface area contributed by atoms with Crippen LogP contribution >= 0.6 is 0 Å². The lowest BCUT2D eigenvalue weighted by Crippen LogP contribution is -2.15. The molecule has 2 N–H and O–H groups in total. The highest BCUT2D eigenvalue weighted by Crippen LogP contribution is 2.15. The predicted molar refractivity (Wildman–Crippen MR) is 80.2 cm³/mol. The molecule has 0 aliphatic rings. The molecule has 0 aliphatic carbocycles. The van der Waals surface area contributed by atoms with Crippen molar-refractivity contribution < 1.29 is 0 Å². The summed E-state index contributed by atoms with van der Waals surface area (Å²) in [4.78, 5) is 4.27. The van der Waals surface area contributed by atoms with E-state index < -0.39 is 0 Å². The molecule has 1 rings (SSSR count). The van der Waals surface area contributed by atoms with Crippen molar-refractivity contribution in [3.63, 3.8) is 0 Å². The Bertz CT molecular complexity index is 336. The lowest BCUT2D eigenvalue weighted by atomic mass is 10.0. The average molecular weight is 249 g/mol. The van der Waals surface area contributed by atoms with Gasteiger partial charge in [-0.3, -0.25) is 0 Å². The first-order chi connectivity index (χ1) is 8.61. The van der Waals surface area contributed by atoms with Gasteiger partial charge in [0.1, 0.15) is 5.82 Å². The monoisotopic (exact) mass is 249 g/mol. The Kier molecular flexibility index (Phi) is 6.55. The zero-order chi connectivity index (χ0) is 13.4. The highest BCUT2D eigenvalue weighted by molar-refractivity contribution is 5.52. The van der Waals surface area contributed by atoms with Crippen molar-refractivity contribution in [3.05, 3.63) is 18.3 Å². The summed E-state index contributed by atoms with van der Waals surface area (Å²) < 4.78 is 0. The van der Waals surface area contributed by atoms with Gasteiger partial charge in [-0.25, -0.2) is 4.98 Å². The minimum Gasteiger partial charge on any atom is -0.382 e. The Morgan fingerprint density at radius 3 is 2.67 bits per heavy atom. The van der Waals surface area contributed by atoms with Crippen molar-refractivity contribution in [2.45, 2.75) is 53.0 Å². The standard InChI is InChI=1S/C15H27N3/c1-5-16-15-11-14(9-10-17-15)18-13(4)8-6-7-12(2)3/h9-13H,5-8H2,1-4H3,(H2,16,17,18). The van der Waals surface area contributed by atoms with Gasteiger partial charge in [0, 0.05) is 30.5 Å². The maximum Gasteiger partial charge on any atom is 0.127 e. The third kappa shape index (κ3) is 5.89. The van der Waals surface area contributed by atoms with E-state index in [-0.39, 0.29) is 0 Å². The van der Waals surface area contributed by atoms with Gasteiger partial charge in [-0.1, -0.05) is 26.7 Å². The van der Waals surface area contributed by atoms with E-state index in [1.807, 2.05) is 12.3 Å². The van der Waals surface area contributed by atoms with E-state index in [9.17, 15) is 0 Å². The summed E-state index contributed by atoms with van der Waals surface area (Å²) in [6, 6.07) is 4.61. The quantitative estimate of drug-likeness (QED) is 0.727. The highest BCUT2D eigenvalue weighted by atomic mass is 15.0. The summed E-state index contributed by atoms with van der Waals surface area (Å²) >= 11 is 0. The molecule has 1 aromatic rings. The number of hydrogen-bond donors (Lipinski definition) is 2. The van der Waals surface area contributed by atoms with Crippen LogP contribution in [0.4, 0.5) is 11.5 Å². The number of nitrogens with one attached hydrogen (secondary N) is 2. The SMILES string of the molecule is CCNc1cc(NC(C)CCCC(C)C)ccn1. The van der Waals surface area contributed by atoms with E-state index in [1.165, 1.54) is 19.3 Å². The summed E-state index contributed by atoms with van der Waals surface area (Å²) in [5.41, 5.74) is 1.15. The number of hydrogen-bond acceptors (Lipinski definition) is 3. The molecular weight excluding hydrogens is 222 g/mol. The lowest BCUT2D eigenvalue weighted by molar-refractivity contribution is 0.520. The Morgan fingerprint density at radius 2 is 2.00 bits per heavy atom. The maximum absolute atomic E-state index is 4.27. The van der Waals surface area contributed by atoms with Crippen molar-refractivity contribution in [1.82, 2.24) is 4.98 Å². The van der Waals surface area contributed by atoms with Gasteiger partial charge in [-0.2, -0.15) is 0 Å². The molecule has 1 aromatic heterocycles. The van der Waals surface area contributed by atoms with Crippen LogP contribution in [-0.2, 0) is 0 Å². The smallest absolute Gasteiger partial charge is 0.127 e. The lowest BCUT2D eigenvalue weighted by Gasteiger charge is -2.16. The number of anilines is 2. The van der Waals surface area contributed by atoms with Crippen molar-refractivity contribution in [1.29, 1.82) is 0 Å². The first-order valence-electron chi connectivity index (χ1n) is 7.08. The summed E-state index contributed by atoms with van der Waals surface area (Å²) in [6.45, 7) is 9.79. The van der Waals surface area contributed by atoms with Crippen molar-refractivity contribution in [2.24, 2.45) is 5.92 Å². The third-order valence-corrected chi connectivity index (χ3v) is 2.95. The fourth-order valence-corrected chi connectivity index (χ4v) is 1.99. The molecule has 0 amide bonds. The van der Waals surface area contributed by atoms with Crippen LogP contribution in [0.1, 0.15) is 47.0 Å². The predicted octanol–water partition coefficient (Wildman–Crippen LogP) is 4.14. The molecule has 0 radical (unpaired) electrons. The normalized spacial score (nSPS) is 12.5. The van der Waals surface area contributed by atoms with Crippen LogP contribution in [0.5, 0.6) is 0 Å². The van der Waals surface area contributed by atoms with Gasteiger partial charge in [0.2, 0.25) is 0 Å². The first kappa shape index (κ1) is 14.8. The Hall–Kier alpha value is -1.25. The van der Waals surface area contributed by atoms with E-state index >= 15 is 0 Å². The summed E-state index contributed by atoms with van der Waals surface area (Å²) in [5.74, 6) is 1.75. The number of nitrogens with zero attached hydrogens (tertiary/aromatic N) is 1. The van der Waals surface area contributed by atoms with Gasteiger partial charge in [-0.05, 0) is 32.3 Å². The Balaban J connectivity index is 2.38.